The maximum atomic E-state index is 6.04. The Morgan fingerprint density at radius 1 is 1.17 bits per heavy atom. The van der Waals surface area contributed by atoms with Gasteiger partial charge in [0.2, 0.25) is 0 Å². The topological polar surface area (TPSA) is 50.9 Å². The van der Waals surface area contributed by atoms with Crippen LogP contribution < -0.4 is 5.73 Å². The maximum absolute atomic E-state index is 6.04. The van der Waals surface area contributed by atoms with Crippen molar-refractivity contribution in [3.63, 3.8) is 0 Å². The van der Waals surface area contributed by atoms with E-state index in [-0.39, 0.29) is 24.0 Å². The van der Waals surface area contributed by atoms with E-state index >= 15 is 0 Å². The second-order valence-corrected chi connectivity index (χ2v) is 5.06. The molecule has 0 aromatic heterocycles. The minimum Gasteiger partial charge on any atom is -0.378 e. The van der Waals surface area contributed by atoms with Gasteiger partial charge in [0.15, 0.2) is 5.96 Å². The van der Waals surface area contributed by atoms with Crippen LogP contribution in [0.15, 0.2) is 4.99 Å². The Labute approximate surface area is 127 Å². The molecule has 0 bridgehead atoms. The summed E-state index contributed by atoms with van der Waals surface area (Å²) in [6.45, 7) is 3.90. The standard InChI is InChI=1S/C13H25N3O.HI/c14-13(16-9-3-1-2-4-10-16)15-8-7-12-6-5-11-17-12;/h12H,1-11H2,(H2,14,15);1H. The van der Waals surface area contributed by atoms with Crippen LogP contribution in [0.2, 0.25) is 0 Å². The van der Waals surface area contributed by atoms with Crippen molar-refractivity contribution in [3.05, 3.63) is 0 Å². The van der Waals surface area contributed by atoms with E-state index in [1.54, 1.807) is 0 Å². The summed E-state index contributed by atoms with van der Waals surface area (Å²) in [5.41, 5.74) is 6.04. The summed E-state index contributed by atoms with van der Waals surface area (Å²) in [7, 11) is 0. The van der Waals surface area contributed by atoms with E-state index in [9.17, 15) is 0 Å². The number of rotatable bonds is 3. The summed E-state index contributed by atoms with van der Waals surface area (Å²) in [6, 6.07) is 0. The molecule has 106 valence electrons. The fourth-order valence-electron chi connectivity index (χ4n) is 2.59. The summed E-state index contributed by atoms with van der Waals surface area (Å²) in [5.74, 6) is 0.741. The molecule has 1 unspecified atom stereocenters. The molecule has 2 heterocycles. The first-order valence-corrected chi connectivity index (χ1v) is 7.03. The lowest BCUT2D eigenvalue weighted by Crippen LogP contribution is -2.38. The summed E-state index contributed by atoms with van der Waals surface area (Å²) in [5, 5.41) is 0. The Morgan fingerprint density at radius 2 is 1.89 bits per heavy atom. The van der Waals surface area contributed by atoms with E-state index < -0.39 is 0 Å². The zero-order chi connectivity index (χ0) is 11.9. The highest BCUT2D eigenvalue weighted by Gasteiger charge is 2.15. The number of guanidine groups is 1. The highest BCUT2D eigenvalue weighted by atomic mass is 127. The Morgan fingerprint density at radius 3 is 2.50 bits per heavy atom. The van der Waals surface area contributed by atoms with Crippen LogP contribution in [0.25, 0.3) is 0 Å². The van der Waals surface area contributed by atoms with Gasteiger partial charge < -0.3 is 15.4 Å². The van der Waals surface area contributed by atoms with Gasteiger partial charge in [0, 0.05) is 26.2 Å². The third-order valence-electron chi connectivity index (χ3n) is 3.68. The van der Waals surface area contributed by atoms with Crippen LogP contribution in [0.5, 0.6) is 0 Å². The number of nitrogens with two attached hydrogens (primary N) is 1. The normalized spacial score (nSPS) is 25.7. The number of likely N-dealkylation sites (tertiary alicyclic amines) is 1. The van der Waals surface area contributed by atoms with Gasteiger partial charge in [-0.05, 0) is 32.1 Å². The predicted octanol–water partition coefficient (Wildman–Crippen LogP) is 2.36. The highest BCUT2D eigenvalue weighted by Crippen LogP contribution is 2.15. The van der Waals surface area contributed by atoms with E-state index in [1.165, 1.54) is 38.5 Å². The number of ether oxygens (including phenoxy) is 1. The van der Waals surface area contributed by atoms with Crippen molar-refractivity contribution >= 4 is 29.9 Å². The number of hydrogen-bond donors (Lipinski definition) is 1. The third kappa shape index (κ3) is 5.30. The molecule has 0 aliphatic carbocycles. The maximum Gasteiger partial charge on any atom is 0.191 e. The van der Waals surface area contributed by atoms with Crippen LogP contribution >= 0.6 is 24.0 Å². The lowest BCUT2D eigenvalue weighted by molar-refractivity contribution is 0.106. The minimum atomic E-state index is 0. The van der Waals surface area contributed by atoms with Crippen molar-refractivity contribution in [3.8, 4) is 0 Å². The largest absolute Gasteiger partial charge is 0.378 e. The predicted molar refractivity (Wildman–Crippen MR) is 85.5 cm³/mol. The quantitative estimate of drug-likeness (QED) is 0.473. The highest BCUT2D eigenvalue weighted by molar-refractivity contribution is 14.0. The lowest BCUT2D eigenvalue weighted by atomic mass is 10.2. The fraction of sp³-hybridized carbons (Fsp3) is 0.923. The SMILES string of the molecule is I.NC(=NCCC1CCCO1)N1CCCCCC1. The molecule has 0 radical (unpaired) electrons. The molecule has 18 heavy (non-hydrogen) atoms. The van der Waals surface area contributed by atoms with Crippen LogP contribution in [0.4, 0.5) is 0 Å². The smallest absolute Gasteiger partial charge is 0.191 e. The van der Waals surface area contributed by atoms with Gasteiger partial charge >= 0.3 is 0 Å². The zero-order valence-corrected chi connectivity index (χ0v) is 13.5. The summed E-state index contributed by atoms with van der Waals surface area (Å²) in [6.07, 6.45) is 9.02. The zero-order valence-electron chi connectivity index (χ0n) is 11.1. The molecule has 2 aliphatic heterocycles. The van der Waals surface area contributed by atoms with Crippen LogP contribution in [-0.4, -0.2) is 43.2 Å². The number of aliphatic imine (C=N–C) groups is 1. The molecule has 0 saturated carbocycles. The molecular weight excluding hydrogens is 341 g/mol. The number of nitrogens with zero attached hydrogens (tertiary/aromatic N) is 2. The first-order valence-electron chi connectivity index (χ1n) is 7.03. The molecule has 2 N–H and O–H groups in total. The summed E-state index contributed by atoms with van der Waals surface area (Å²) < 4.78 is 5.58. The van der Waals surface area contributed by atoms with Gasteiger partial charge in [0.1, 0.15) is 0 Å². The molecule has 0 aromatic carbocycles. The van der Waals surface area contributed by atoms with Gasteiger partial charge in [-0.25, -0.2) is 0 Å². The van der Waals surface area contributed by atoms with Crippen LogP contribution in [0.1, 0.15) is 44.9 Å². The van der Waals surface area contributed by atoms with E-state index in [4.69, 9.17) is 10.5 Å². The van der Waals surface area contributed by atoms with Crippen molar-refractivity contribution in [1.29, 1.82) is 0 Å². The molecule has 4 nitrogen and oxygen atoms in total. The average molecular weight is 367 g/mol. The number of halogens is 1. The van der Waals surface area contributed by atoms with Gasteiger partial charge in [0.25, 0.3) is 0 Å². The number of hydrogen-bond acceptors (Lipinski definition) is 2. The average Bonchev–Trinajstić information content (AvgIpc) is 2.69. The molecular formula is C13H26IN3O. The van der Waals surface area contributed by atoms with E-state index in [0.29, 0.717) is 6.10 Å². The van der Waals surface area contributed by atoms with Gasteiger partial charge in [-0.2, -0.15) is 0 Å². The van der Waals surface area contributed by atoms with Crippen molar-refractivity contribution in [2.24, 2.45) is 10.7 Å². The first-order chi connectivity index (χ1) is 8.36. The van der Waals surface area contributed by atoms with Gasteiger partial charge in [0.05, 0.1) is 6.10 Å². The Bertz CT molecular complexity index is 247. The molecule has 5 heteroatoms. The fourth-order valence-corrected chi connectivity index (χ4v) is 2.59. The molecule has 0 amide bonds. The van der Waals surface area contributed by atoms with Crippen molar-refractivity contribution in [2.45, 2.75) is 51.0 Å². The molecule has 2 saturated heterocycles. The second kappa shape index (κ2) is 8.96. The van der Waals surface area contributed by atoms with Gasteiger partial charge in [-0.1, -0.05) is 12.8 Å². The van der Waals surface area contributed by atoms with E-state index in [2.05, 4.69) is 9.89 Å². The van der Waals surface area contributed by atoms with E-state index in [1.807, 2.05) is 0 Å². The summed E-state index contributed by atoms with van der Waals surface area (Å²) >= 11 is 0. The van der Waals surface area contributed by atoms with Crippen molar-refractivity contribution < 1.29 is 4.74 Å². The molecule has 0 aromatic rings. The summed E-state index contributed by atoms with van der Waals surface area (Å²) in [4.78, 5) is 6.73. The van der Waals surface area contributed by atoms with Crippen molar-refractivity contribution in [1.82, 2.24) is 4.90 Å². The Balaban J connectivity index is 0.00000162. The molecule has 1 atom stereocenters. The third-order valence-corrected chi connectivity index (χ3v) is 3.68. The van der Waals surface area contributed by atoms with E-state index in [0.717, 1.165) is 38.6 Å². The van der Waals surface area contributed by atoms with Crippen molar-refractivity contribution in [2.75, 3.05) is 26.2 Å². The molecule has 2 aliphatic rings. The Kier molecular flexibility index (Phi) is 7.97. The van der Waals surface area contributed by atoms with Crippen LogP contribution in [-0.2, 0) is 4.74 Å². The van der Waals surface area contributed by atoms with Gasteiger partial charge in [-0.3, -0.25) is 4.99 Å². The van der Waals surface area contributed by atoms with Gasteiger partial charge in [-0.15, -0.1) is 24.0 Å². The minimum absolute atomic E-state index is 0. The Hall–Kier alpha value is -0.0400. The van der Waals surface area contributed by atoms with Crippen LogP contribution in [0, 0.1) is 0 Å². The van der Waals surface area contributed by atoms with Crippen LogP contribution in [0.3, 0.4) is 0 Å². The monoisotopic (exact) mass is 367 g/mol. The lowest BCUT2D eigenvalue weighted by Gasteiger charge is -2.21. The molecule has 2 fully saturated rings. The molecule has 2 rings (SSSR count). The second-order valence-electron chi connectivity index (χ2n) is 5.06. The molecule has 0 spiro atoms. The first kappa shape index (κ1) is 16.0.